The number of rotatable bonds is 10. The summed E-state index contributed by atoms with van der Waals surface area (Å²) in [5.74, 6) is 0.236. The van der Waals surface area contributed by atoms with Crippen LogP contribution >= 0.6 is 0 Å². The second-order valence-corrected chi connectivity index (χ2v) is 8.30. The van der Waals surface area contributed by atoms with Gasteiger partial charge in [0.25, 0.3) is 15.9 Å². The second-order valence-electron chi connectivity index (χ2n) is 6.61. The van der Waals surface area contributed by atoms with Gasteiger partial charge in [-0.05, 0) is 57.2 Å². The average Bonchev–Trinajstić information content (AvgIpc) is 2.79. The van der Waals surface area contributed by atoms with Crippen LogP contribution in [0.2, 0.25) is 0 Å². The number of hydrogen-bond acceptors (Lipinski definition) is 8. The molecule has 2 aromatic carbocycles. The molecular formula is C22H24N2O8S. The Kier molecular flexibility index (Phi) is 7.56. The zero-order valence-corrected chi connectivity index (χ0v) is 19.2. The topological polar surface area (TPSA) is 133 Å². The molecular weight excluding hydrogens is 452 g/mol. The lowest BCUT2D eigenvalue weighted by Gasteiger charge is -2.17. The Morgan fingerprint density at radius 1 is 0.909 bits per heavy atom. The van der Waals surface area contributed by atoms with Gasteiger partial charge in [-0.1, -0.05) is 0 Å². The summed E-state index contributed by atoms with van der Waals surface area (Å²) in [5.41, 5.74) is 1.99. The molecule has 1 aromatic heterocycles. The van der Waals surface area contributed by atoms with E-state index >= 15 is 0 Å². The number of hydrazine groups is 1. The minimum Gasteiger partial charge on any atom is -0.490 e. The van der Waals surface area contributed by atoms with E-state index in [4.69, 9.17) is 18.6 Å². The van der Waals surface area contributed by atoms with Crippen LogP contribution in [0.1, 0.15) is 31.1 Å². The Labute approximate surface area is 190 Å². The molecule has 0 aliphatic heterocycles. The lowest BCUT2D eigenvalue weighted by Crippen LogP contribution is -2.41. The van der Waals surface area contributed by atoms with Crippen molar-refractivity contribution in [3.63, 3.8) is 0 Å². The van der Waals surface area contributed by atoms with Crippen molar-refractivity contribution in [2.24, 2.45) is 0 Å². The van der Waals surface area contributed by atoms with Crippen molar-refractivity contribution in [3.05, 3.63) is 58.4 Å². The summed E-state index contributed by atoms with van der Waals surface area (Å²) in [6, 6.07) is 9.47. The van der Waals surface area contributed by atoms with E-state index in [0.717, 1.165) is 0 Å². The van der Waals surface area contributed by atoms with Crippen molar-refractivity contribution in [1.82, 2.24) is 10.3 Å². The van der Waals surface area contributed by atoms with E-state index in [2.05, 4.69) is 10.3 Å². The molecule has 176 valence electrons. The number of sulfonamides is 1. The Bertz CT molecular complexity index is 1290. The number of carbonyl (C=O) groups is 1. The first-order chi connectivity index (χ1) is 15.8. The van der Waals surface area contributed by atoms with Gasteiger partial charge in [0.05, 0.1) is 24.7 Å². The maximum absolute atomic E-state index is 12.7. The highest BCUT2D eigenvalue weighted by molar-refractivity contribution is 7.89. The van der Waals surface area contributed by atoms with Gasteiger partial charge in [0.15, 0.2) is 11.5 Å². The normalized spacial score (nSPS) is 11.2. The summed E-state index contributed by atoms with van der Waals surface area (Å²) in [4.78, 5) is 25.9. The van der Waals surface area contributed by atoms with Crippen LogP contribution in [-0.4, -0.2) is 34.1 Å². The lowest BCUT2D eigenvalue weighted by atomic mass is 10.1. The molecule has 0 aliphatic carbocycles. The van der Waals surface area contributed by atoms with Gasteiger partial charge >= 0.3 is 5.63 Å². The van der Waals surface area contributed by atoms with Gasteiger partial charge in [-0.2, -0.15) is 0 Å². The van der Waals surface area contributed by atoms with Crippen LogP contribution < -0.4 is 30.1 Å². The van der Waals surface area contributed by atoms with Crippen molar-refractivity contribution in [1.29, 1.82) is 0 Å². The number of hydrogen-bond donors (Lipinski definition) is 2. The molecule has 1 amide bonds. The summed E-state index contributed by atoms with van der Waals surface area (Å²) in [6.07, 6.45) is 0. The summed E-state index contributed by atoms with van der Waals surface area (Å²) in [7, 11) is -4.11. The Morgan fingerprint density at radius 3 is 2.15 bits per heavy atom. The molecule has 1 heterocycles. The van der Waals surface area contributed by atoms with Crippen LogP contribution in [-0.2, 0) is 10.0 Å². The van der Waals surface area contributed by atoms with E-state index in [-0.39, 0.29) is 16.0 Å². The Hall–Kier alpha value is -3.57. The van der Waals surface area contributed by atoms with E-state index in [9.17, 15) is 18.0 Å². The molecule has 0 spiro atoms. The van der Waals surface area contributed by atoms with Crippen LogP contribution in [0.4, 0.5) is 0 Å². The van der Waals surface area contributed by atoms with Crippen molar-refractivity contribution < 1.29 is 31.8 Å². The predicted molar refractivity (Wildman–Crippen MR) is 120 cm³/mol. The summed E-state index contributed by atoms with van der Waals surface area (Å²) >= 11 is 0. The van der Waals surface area contributed by atoms with E-state index in [1.165, 1.54) is 42.5 Å². The molecule has 0 saturated heterocycles. The number of nitrogens with one attached hydrogen (secondary N) is 2. The van der Waals surface area contributed by atoms with Crippen molar-refractivity contribution in [2.75, 3.05) is 19.8 Å². The standard InChI is InChI=1S/C22H24N2O8S/c1-4-29-18-12-15(13-19(30-5-2)21(18)31-6-3)22(26)23-24-33(27,28)16-8-9-17-14(11-16)7-10-20(25)32-17/h7-13,24H,4-6H2,1-3H3,(H,23,26). The average molecular weight is 477 g/mol. The van der Waals surface area contributed by atoms with Gasteiger partial charge in [0.2, 0.25) is 5.75 Å². The van der Waals surface area contributed by atoms with Crippen molar-refractivity contribution in [3.8, 4) is 17.2 Å². The number of carbonyl (C=O) groups excluding carboxylic acids is 1. The Balaban J connectivity index is 1.84. The molecule has 11 heteroatoms. The van der Waals surface area contributed by atoms with E-state index in [1.807, 2.05) is 0 Å². The highest BCUT2D eigenvalue weighted by Crippen LogP contribution is 2.39. The maximum Gasteiger partial charge on any atom is 0.336 e. The molecule has 3 aromatic rings. The third kappa shape index (κ3) is 5.62. The van der Waals surface area contributed by atoms with Crippen LogP contribution in [0.15, 0.2) is 56.6 Å². The van der Waals surface area contributed by atoms with Crippen LogP contribution in [0, 0.1) is 0 Å². The molecule has 0 bridgehead atoms. The van der Waals surface area contributed by atoms with Gasteiger partial charge in [-0.15, -0.1) is 4.83 Å². The van der Waals surface area contributed by atoms with Crippen LogP contribution in [0.25, 0.3) is 11.0 Å². The van der Waals surface area contributed by atoms with Gasteiger partial charge in [-0.25, -0.2) is 13.2 Å². The monoisotopic (exact) mass is 476 g/mol. The second kappa shape index (κ2) is 10.4. The Morgan fingerprint density at radius 2 is 1.55 bits per heavy atom. The smallest absolute Gasteiger partial charge is 0.336 e. The highest BCUT2D eigenvalue weighted by atomic mass is 32.2. The molecule has 0 unspecified atom stereocenters. The summed E-state index contributed by atoms with van der Waals surface area (Å²) < 4.78 is 47.1. The minimum absolute atomic E-state index is 0.105. The summed E-state index contributed by atoms with van der Waals surface area (Å²) in [5, 5.41) is 0.415. The molecule has 0 radical (unpaired) electrons. The van der Waals surface area contributed by atoms with Gasteiger partial charge in [0.1, 0.15) is 5.58 Å². The molecule has 0 atom stereocenters. The van der Waals surface area contributed by atoms with Crippen molar-refractivity contribution >= 4 is 26.9 Å². The fourth-order valence-corrected chi connectivity index (χ4v) is 3.86. The van der Waals surface area contributed by atoms with Crippen LogP contribution in [0.5, 0.6) is 17.2 Å². The zero-order chi connectivity index (χ0) is 24.0. The zero-order valence-electron chi connectivity index (χ0n) is 18.3. The first-order valence-electron chi connectivity index (χ1n) is 10.2. The fourth-order valence-electron chi connectivity index (χ4n) is 2.98. The maximum atomic E-state index is 12.7. The fraction of sp³-hybridized carbons (Fsp3) is 0.273. The number of fused-ring (bicyclic) bond motifs is 1. The third-order valence-electron chi connectivity index (χ3n) is 4.37. The van der Waals surface area contributed by atoms with E-state index in [1.54, 1.807) is 20.8 Å². The summed E-state index contributed by atoms with van der Waals surface area (Å²) in [6.45, 7) is 6.39. The van der Waals surface area contributed by atoms with Gasteiger partial charge in [0, 0.05) is 17.0 Å². The van der Waals surface area contributed by atoms with Crippen LogP contribution in [0.3, 0.4) is 0 Å². The van der Waals surface area contributed by atoms with Gasteiger partial charge in [-0.3, -0.25) is 10.2 Å². The van der Waals surface area contributed by atoms with Gasteiger partial charge < -0.3 is 18.6 Å². The molecule has 2 N–H and O–H groups in total. The number of benzene rings is 2. The van der Waals surface area contributed by atoms with Crippen molar-refractivity contribution in [2.45, 2.75) is 25.7 Å². The van der Waals surface area contributed by atoms with E-state index < -0.39 is 21.6 Å². The highest BCUT2D eigenvalue weighted by Gasteiger charge is 2.21. The minimum atomic E-state index is -4.11. The molecule has 33 heavy (non-hydrogen) atoms. The van der Waals surface area contributed by atoms with E-state index in [0.29, 0.717) is 42.5 Å². The largest absolute Gasteiger partial charge is 0.490 e. The molecule has 0 saturated carbocycles. The third-order valence-corrected chi connectivity index (χ3v) is 5.62. The predicted octanol–water partition coefficient (Wildman–Crippen LogP) is 2.61. The quantitative estimate of drug-likeness (QED) is 0.337. The SMILES string of the molecule is CCOc1cc(C(=O)NNS(=O)(=O)c2ccc3oc(=O)ccc3c2)cc(OCC)c1OCC. The first-order valence-corrected chi connectivity index (χ1v) is 11.7. The molecule has 10 nitrogen and oxygen atoms in total. The number of ether oxygens (including phenoxy) is 3. The first kappa shape index (κ1) is 24.1. The molecule has 0 fully saturated rings. The number of amides is 1. The lowest BCUT2D eigenvalue weighted by molar-refractivity contribution is 0.0944. The molecule has 0 aliphatic rings. The molecule has 3 rings (SSSR count).